The first-order valence-electron chi connectivity index (χ1n) is 8.99. The van der Waals surface area contributed by atoms with Crippen molar-refractivity contribution in [3.63, 3.8) is 0 Å². The molecule has 4 rings (SSSR count). The van der Waals surface area contributed by atoms with Crippen LogP contribution in [0.15, 0.2) is 59.0 Å². The van der Waals surface area contributed by atoms with Crippen molar-refractivity contribution >= 4 is 33.7 Å². The predicted octanol–water partition coefficient (Wildman–Crippen LogP) is 4.63. The van der Waals surface area contributed by atoms with E-state index in [1.54, 1.807) is 31.4 Å². The number of fused-ring (bicyclic) bond motifs is 3. The Morgan fingerprint density at radius 2 is 1.76 bits per heavy atom. The zero-order chi connectivity index (χ0) is 20.4. The molecule has 0 aliphatic rings. The SMILES string of the molecule is COc1cc2c(cc1NC(=O)NCc1cccc(OC)c1O)oc1ccccc12. The summed E-state index contributed by atoms with van der Waals surface area (Å²) in [7, 11) is 3.01. The molecule has 148 valence electrons. The lowest BCUT2D eigenvalue weighted by Gasteiger charge is -2.12. The number of rotatable bonds is 5. The van der Waals surface area contributed by atoms with Crippen LogP contribution in [0.4, 0.5) is 10.5 Å². The molecule has 3 aromatic carbocycles. The van der Waals surface area contributed by atoms with E-state index < -0.39 is 6.03 Å². The molecule has 0 unspecified atom stereocenters. The minimum atomic E-state index is -0.444. The van der Waals surface area contributed by atoms with Gasteiger partial charge in [-0.1, -0.05) is 30.3 Å². The van der Waals surface area contributed by atoms with Gasteiger partial charge in [0.1, 0.15) is 16.9 Å². The molecule has 0 radical (unpaired) electrons. The second-order valence-electron chi connectivity index (χ2n) is 6.42. The summed E-state index contributed by atoms with van der Waals surface area (Å²) in [4.78, 5) is 12.4. The van der Waals surface area contributed by atoms with Crippen LogP contribution in [-0.2, 0) is 6.54 Å². The summed E-state index contributed by atoms with van der Waals surface area (Å²) >= 11 is 0. The van der Waals surface area contributed by atoms with Gasteiger partial charge in [0, 0.05) is 28.9 Å². The highest BCUT2D eigenvalue weighted by molar-refractivity contribution is 6.07. The number of para-hydroxylation sites is 2. The molecule has 0 atom stereocenters. The van der Waals surface area contributed by atoms with Crippen LogP contribution in [-0.4, -0.2) is 25.4 Å². The monoisotopic (exact) mass is 392 g/mol. The largest absolute Gasteiger partial charge is 0.504 e. The molecule has 1 aromatic heterocycles. The van der Waals surface area contributed by atoms with E-state index >= 15 is 0 Å². The molecule has 1 heterocycles. The van der Waals surface area contributed by atoms with Gasteiger partial charge in [-0.05, 0) is 18.2 Å². The van der Waals surface area contributed by atoms with Gasteiger partial charge in [0.2, 0.25) is 0 Å². The molecule has 0 aliphatic carbocycles. The Balaban J connectivity index is 1.55. The normalized spacial score (nSPS) is 10.8. The van der Waals surface area contributed by atoms with Crippen LogP contribution < -0.4 is 20.1 Å². The third-order valence-corrected chi connectivity index (χ3v) is 4.69. The molecule has 0 bridgehead atoms. The number of hydrogen-bond acceptors (Lipinski definition) is 5. The molecule has 0 fully saturated rings. The topological polar surface area (TPSA) is 93.0 Å². The van der Waals surface area contributed by atoms with Crippen molar-refractivity contribution in [2.24, 2.45) is 0 Å². The number of furan rings is 1. The number of aromatic hydroxyl groups is 1. The molecule has 0 spiro atoms. The smallest absolute Gasteiger partial charge is 0.319 e. The molecule has 7 nitrogen and oxygen atoms in total. The lowest BCUT2D eigenvalue weighted by Crippen LogP contribution is -2.28. The van der Waals surface area contributed by atoms with E-state index in [0.29, 0.717) is 28.3 Å². The standard InChI is InChI=1S/C22H20N2O5/c1-27-18-9-5-6-13(21(18)25)12-23-22(26)24-16-11-19-15(10-20(16)28-2)14-7-3-4-8-17(14)29-19/h3-11,25H,12H2,1-2H3,(H2,23,24,26). The molecular formula is C22H20N2O5. The fourth-order valence-electron chi connectivity index (χ4n) is 3.24. The van der Waals surface area contributed by atoms with Gasteiger partial charge < -0.3 is 29.6 Å². The highest BCUT2D eigenvalue weighted by Gasteiger charge is 2.14. The van der Waals surface area contributed by atoms with Crippen molar-refractivity contribution in [2.75, 3.05) is 19.5 Å². The van der Waals surface area contributed by atoms with E-state index in [0.717, 1.165) is 16.4 Å². The summed E-state index contributed by atoms with van der Waals surface area (Å²) in [6.07, 6.45) is 0. The van der Waals surface area contributed by atoms with Crippen molar-refractivity contribution in [2.45, 2.75) is 6.54 Å². The van der Waals surface area contributed by atoms with Gasteiger partial charge in [0.25, 0.3) is 0 Å². The maximum atomic E-state index is 12.4. The molecule has 7 heteroatoms. The van der Waals surface area contributed by atoms with E-state index in [1.165, 1.54) is 7.11 Å². The van der Waals surface area contributed by atoms with E-state index in [1.807, 2.05) is 30.3 Å². The maximum Gasteiger partial charge on any atom is 0.319 e. The number of urea groups is 1. The number of carbonyl (C=O) groups excluding carboxylic acids is 1. The Morgan fingerprint density at radius 3 is 2.55 bits per heavy atom. The third-order valence-electron chi connectivity index (χ3n) is 4.69. The van der Waals surface area contributed by atoms with Gasteiger partial charge in [-0.25, -0.2) is 4.79 Å². The summed E-state index contributed by atoms with van der Waals surface area (Å²) in [6, 6.07) is 15.9. The Morgan fingerprint density at radius 1 is 0.966 bits per heavy atom. The number of carbonyl (C=O) groups is 1. The summed E-state index contributed by atoms with van der Waals surface area (Å²) in [6.45, 7) is 0.129. The van der Waals surface area contributed by atoms with Crippen LogP contribution in [0.1, 0.15) is 5.56 Å². The zero-order valence-electron chi connectivity index (χ0n) is 16.0. The summed E-state index contributed by atoms with van der Waals surface area (Å²) < 4.78 is 16.4. The fourth-order valence-corrected chi connectivity index (χ4v) is 3.24. The number of benzene rings is 3. The number of ether oxygens (including phenoxy) is 2. The summed E-state index contributed by atoms with van der Waals surface area (Å²) in [5.74, 6) is 0.863. The Hall–Kier alpha value is -3.87. The van der Waals surface area contributed by atoms with Crippen molar-refractivity contribution < 1.29 is 23.8 Å². The van der Waals surface area contributed by atoms with Gasteiger partial charge >= 0.3 is 6.03 Å². The van der Waals surface area contributed by atoms with Crippen LogP contribution in [0.3, 0.4) is 0 Å². The lowest BCUT2D eigenvalue weighted by atomic mass is 10.1. The Kier molecular flexibility index (Phi) is 4.87. The Bertz CT molecular complexity index is 1200. The van der Waals surface area contributed by atoms with E-state index in [2.05, 4.69) is 10.6 Å². The van der Waals surface area contributed by atoms with Crippen molar-refractivity contribution in [3.05, 3.63) is 60.2 Å². The quantitative estimate of drug-likeness (QED) is 0.460. The molecule has 2 amide bonds. The molecule has 0 aliphatic heterocycles. The predicted molar refractivity (Wildman–Crippen MR) is 111 cm³/mol. The number of hydrogen-bond donors (Lipinski definition) is 3. The van der Waals surface area contributed by atoms with Gasteiger partial charge in [-0.15, -0.1) is 0 Å². The van der Waals surface area contributed by atoms with Gasteiger partial charge in [-0.2, -0.15) is 0 Å². The average molecular weight is 392 g/mol. The number of nitrogens with one attached hydrogen (secondary N) is 2. The molecule has 29 heavy (non-hydrogen) atoms. The number of anilines is 1. The van der Waals surface area contributed by atoms with Crippen LogP contribution in [0.5, 0.6) is 17.2 Å². The maximum absolute atomic E-state index is 12.4. The average Bonchev–Trinajstić information content (AvgIpc) is 3.09. The van der Waals surface area contributed by atoms with Crippen LogP contribution in [0, 0.1) is 0 Å². The third kappa shape index (κ3) is 3.50. The van der Waals surface area contributed by atoms with E-state index in [4.69, 9.17) is 13.9 Å². The molecule has 4 aromatic rings. The number of phenolic OH excluding ortho intramolecular Hbond substituents is 1. The minimum absolute atomic E-state index is 0.00317. The molecule has 0 saturated heterocycles. The van der Waals surface area contributed by atoms with E-state index in [9.17, 15) is 9.90 Å². The van der Waals surface area contributed by atoms with Crippen molar-refractivity contribution in [1.82, 2.24) is 5.32 Å². The highest BCUT2D eigenvalue weighted by atomic mass is 16.5. The van der Waals surface area contributed by atoms with Crippen molar-refractivity contribution in [1.29, 1.82) is 0 Å². The van der Waals surface area contributed by atoms with Crippen LogP contribution in [0.2, 0.25) is 0 Å². The van der Waals surface area contributed by atoms with Crippen LogP contribution in [0.25, 0.3) is 21.9 Å². The highest BCUT2D eigenvalue weighted by Crippen LogP contribution is 2.36. The molecular weight excluding hydrogens is 372 g/mol. The minimum Gasteiger partial charge on any atom is -0.504 e. The molecule has 3 N–H and O–H groups in total. The van der Waals surface area contributed by atoms with E-state index in [-0.39, 0.29) is 12.3 Å². The molecule has 0 saturated carbocycles. The Labute approximate surface area is 166 Å². The summed E-state index contributed by atoms with van der Waals surface area (Å²) in [5, 5.41) is 17.5. The van der Waals surface area contributed by atoms with Crippen LogP contribution >= 0.6 is 0 Å². The first kappa shape index (κ1) is 18.5. The van der Waals surface area contributed by atoms with Crippen molar-refractivity contribution in [3.8, 4) is 17.2 Å². The first-order chi connectivity index (χ1) is 14.1. The number of methoxy groups -OCH3 is 2. The van der Waals surface area contributed by atoms with Gasteiger partial charge in [-0.3, -0.25) is 0 Å². The lowest BCUT2D eigenvalue weighted by molar-refractivity contribution is 0.251. The van der Waals surface area contributed by atoms with Gasteiger partial charge in [0.15, 0.2) is 11.5 Å². The number of amides is 2. The number of phenols is 1. The summed E-state index contributed by atoms with van der Waals surface area (Å²) in [5.41, 5.74) is 2.43. The first-order valence-corrected chi connectivity index (χ1v) is 8.99. The zero-order valence-corrected chi connectivity index (χ0v) is 16.0. The fraction of sp³-hybridized carbons (Fsp3) is 0.136. The second-order valence-corrected chi connectivity index (χ2v) is 6.42. The van der Waals surface area contributed by atoms with Gasteiger partial charge in [0.05, 0.1) is 19.9 Å². The second kappa shape index (κ2) is 7.63.